The van der Waals surface area contributed by atoms with Gasteiger partial charge in [-0.3, -0.25) is 0 Å². The Labute approximate surface area is 111 Å². The average molecular weight is 265 g/mol. The van der Waals surface area contributed by atoms with Crippen molar-refractivity contribution in [1.82, 2.24) is 10.1 Å². The van der Waals surface area contributed by atoms with Crippen molar-refractivity contribution in [3.63, 3.8) is 0 Å². The van der Waals surface area contributed by atoms with Gasteiger partial charge < -0.3 is 10.3 Å². The molecule has 0 aliphatic rings. The van der Waals surface area contributed by atoms with Crippen molar-refractivity contribution in [3.05, 3.63) is 22.2 Å². The topological polar surface area (TPSA) is 64.9 Å². The Bertz CT molecular complexity index is 506. The minimum atomic E-state index is -0.185. The highest BCUT2D eigenvalue weighted by atomic mass is 32.1. The molecule has 0 saturated heterocycles. The summed E-state index contributed by atoms with van der Waals surface area (Å²) in [6.07, 6.45) is 1.81. The third-order valence-corrected chi connectivity index (χ3v) is 4.58. The normalized spacial score (nSPS) is 12.0. The van der Waals surface area contributed by atoms with Gasteiger partial charge >= 0.3 is 0 Å². The van der Waals surface area contributed by atoms with E-state index >= 15 is 0 Å². The molecular weight excluding hydrogens is 246 g/mol. The predicted molar refractivity (Wildman–Crippen MR) is 73.7 cm³/mol. The van der Waals surface area contributed by atoms with Crippen LogP contribution in [0, 0.1) is 6.92 Å². The molecular formula is C13H19N3OS. The molecule has 0 aliphatic heterocycles. The molecule has 98 valence electrons. The fourth-order valence-electron chi connectivity index (χ4n) is 2.07. The molecule has 0 bridgehead atoms. The first kappa shape index (κ1) is 13.2. The monoisotopic (exact) mass is 265 g/mol. The molecule has 2 aromatic rings. The first-order valence-electron chi connectivity index (χ1n) is 6.24. The van der Waals surface area contributed by atoms with Crippen LogP contribution >= 0.6 is 11.3 Å². The summed E-state index contributed by atoms with van der Waals surface area (Å²) in [4.78, 5) is 4.55. The molecule has 0 aromatic carbocycles. The van der Waals surface area contributed by atoms with Gasteiger partial charge in [-0.25, -0.2) is 0 Å². The lowest BCUT2D eigenvalue weighted by molar-refractivity contribution is 0.267. The Hall–Kier alpha value is -1.20. The second-order valence-electron chi connectivity index (χ2n) is 4.58. The Morgan fingerprint density at radius 2 is 2.06 bits per heavy atom. The molecule has 0 radical (unpaired) electrons. The standard InChI is InChI=1S/C13H19N3OS/c1-4-13(5-2,8-14)12-15-11(16-17-12)10-7-18-6-9(10)3/h6-7H,4-5,8,14H2,1-3H3. The summed E-state index contributed by atoms with van der Waals surface area (Å²) in [5, 5.41) is 8.23. The van der Waals surface area contributed by atoms with Crippen LogP contribution in [0.2, 0.25) is 0 Å². The van der Waals surface area contributed by atoms with Crippen molar-refractivity contribution in [1.29, 1.82) is 0 Å². The summed E-state index contributed by atoms with van der Waals surface area (Å²) >= 11 is 1.65. The first-order valence-corrected chi connectivity index (χ1v) is 7.18. The molecule has 0 saturated carbocycles. The molecule has 5 heteroatoms. The van der Waals surface area contributed by atoms with Crippen LogP contribution in [0.4, 0.5) is 0 Å². The van der Waals surface area contributed by atoms with Gasteiger partial charge in [0.1, 0.15) is 0 Å². The van der Waals surface area contributed by atoms with E-state index in [4.69, 9.17) is 10.3 Å². The molecule has 2 heterocycles. The Kier molecular flexibility index (Phi) is 3.82. The number of hydrogen-bond donors (Lipinski definition) is 1. The fourth-order valence-corrected chi connectivity index (χ4v) is 2.89. The van der Waals surface area contributed by atoms with Gasteiger partial charge in [0.2, 0.25) is 11.7 Å². The largest absolute Gasteiger partial charge is 0.338 e. The summed E-state index contributed by atoms with van der Waals surface area (Å²) < 4.78 is 5.45. The maximum absolute atomic E-state index is 5.89. The summed E-state index contributed by atoms with van der Waals surface area (Å²) in [7, 11) is 0. The molecule has 0 aliphatic carbocycles. The lowest BCUT2D eigenvalue weighted by Gasteiger charge is -2.24. The van der Waals surface area contributed by atoms with Crippen LogP contribution in [0.3, 0.4) is 0 Å². The van der Waals surface area contributed by atoms with Crippen molar-refractivity contribution < 1.29 is 4.52 Å². The van der Waals surface area contributed by atoms with E-state index in [-0.39, 0.29) is 5.41 Å². The van der Waals surface area contributed by atoms with Gasteiger partial charge in [-0.2, -0.15) is 16.3 Å². The van der Waals surface area contributed by atoms with Crippen molar-refractivity contribution in [2.45, 2.75) is 39.0 Å². The van der Waals surface area contributed by atoms with E-state index in [2.05, 4.69) is 36.3 Å². The number of rotatable bonds is 5. The highest BCUT2D eigenvalue weighted by molar-refractivity contribution is 7.08. The zero-order valence-corrected chi connectivity index (χ0v) is 11.9. The van der Waals surface area contributed by atoms with Crippen molar-refractivity contribution in [3.8, 4) is 11.4 Å². The minimum absolute atomic E-state index is 0.185. The smallest absolute Gasteiger partial charge is 0.234 e. The number of nitrogens with two attached hydrogens (primary N) is 1. The lowest BCUT2D eigenvalue weighted by atomic mass is 9.82. The van der Waals surface area contributed by atoms with E-state index in [9.17, 15) is 0 Å². The number of aromatic nitrogens is 2. The fraction of sp³-hybridized carbons (Fsp3) is 0.538. The number of thiophene rings is 1. The Morgan fingerprint density at radius 1 is 1.33 bits per heavy atom. The third kappa shape index (κ3) is 2.08. The van der Waals surface area contributed by atoms with Gasteiger partial charge in [0, 0.05) is 17.5 Å². The number of nitrogens with zero attached hydrogens (tertiary/aromatic N) is 2. The van der Waals surface area contributed by atoms with E-state index in [0.29, 0.717) is 18.3 Å². The van der Waals surface area contributed by atoms with E-state index in [1.54, 1.807) is 11.3 Å². The number of hydrogen-bond acceptors (Lipinski definition) is 5. The summed E-state index contributed by atoms with van der Waals surface area (Å²) in [5.41, 5.74) is 7.94. The molecule has 0 unspecified atom stereocenters. The van der Waals surface area contributed by atoms with Crippen LogP contribution in [-0.4, -0.2) is 16.7 Å². The quantitative estimate of drug-likeness (QED) is 0.902. The lowest BCUT2D eigenvalue weighted by Crippen LogP contribution is -2.34. The van der Waals surface area contributed by atoms with Gasteiger partial charge in [-0.05, 0) is 30.7 Å². The Balaban J connectivity index is 2.39. The summed E-state index contributed by atoms with van der Waals surface area (Å²) in [6, 6.07) is 0. The molecule has 0 fully saturated rings. The maximum Gasteiger partial charge on any atom is 0.234 e. The molecule has 4 nitrogen and oxygen atoms in total. The van der Waals surface area contributed by atoms with Gasteiger partial charge in [0.05, 0.1) is 5.41 Å². The minimum Gasteiger partial charge on any atom is -0.338 e. The zero-order chi connectivity index (χ0) is 13.2. The van der Waals surface area contributed by atoms with Crippen LogP contribution in [-0.2, 0) is 5.41 Å². The van der Waals surface area contributed by atoms with Gasteiger partial charge in [0.15, 0.2) is 0 Å². The highest BCUT2D eigenvalue weighted by Gasteiger charge is 2.33. The van der Waals surface area contributed by atoms with Crippen molar-refractivity contribution >= 4 is 11.3 Å². The maximum atomic E-state index is 5.89. The molecule has 2 rings (SSSR count). The van der Waals surface area contributed by atoms with Crippen LogP contribution in [0.15, 0.2) is 15.3 Å². The summed E-state index contributed by atoms with van der Waals surface area (Å²) in [5.74, 6) is 1.33. The van der Waals surface area contributed by atoms with E-state index in [0.717, 1.165) is 18.4 Å². The third-order valence-electron chi connectivity index (χ3n) is 3.72. The molecule has 2 N–H and O–H groups in total. The SMILES string of the molecule is CCC(CC)(CN)c1nc(-c2cscc2C)no1. The van der Waals surface area contributed by atoms with Gasteiger partial charge in [-0.15, -0.1) is 0 Å². The number of aryl methyl sites for hydroxylation is 1. The highest BCUT2D eigenvalue weighted by Crippen LogP contribution is 2.32. The van der Waals surface area contributed by atoms with Crippen molar-refractivity contribution in [2.24, 2.45) is 5.73 Å². The molecule has 18 heavy (non-hydrogen) atoms. The van der Waals surface area contributed by atoms with Crippen LogP contribution in [0.1, 0.15) is 38.1 Å². The Morgan fingerprint density at radius 3 is 2.56 bits per heavy atom. The van der Waals surface area contributed by atoms with E-state index in [1.807, 2.05) is 5.38 Å². The van der Waals surface area contributed by atoms with Crippen LogP contribution in [0.25, 0.3) is 11.4 Å². The second-order valence-corrected chi connectivity index (χ2v) is 5.33. The average Bonchev–Trinajstić information content (AvgIpc) is 3.01. The predicted octanol–water partition coefficient (Wildman–Crippen LogP) is 3.12. The van der Waals surface area contributed by atoms with E-state index < -0.39 is 0 Å². The molecule has 0 spiro atoms. The first-order chi connectivity index (χ1) is 8.66. The van der Waals surface area contributed by atoms with Gasteiger partial charge in [-0.1, -0.05) is 19.0 Å². The molecule has 2 aromatic heterocycles. The van der Waals surface area contributed by atoms with Crippen LogP contribution in [0.5, 0.6) is 0 Å². The second kappa shape index (κ2) is 5.20. The summed E-state index contributed by atoms with van der Waals surface area (Å²) in [6.45, 7) is 6.80. The molecule has 0 atom stereocenters. The van der Waals surface area contributed by atoms with E-state index in [1.165, 1.54) is 5.56 Å². The molecule has 0 amide bonds. The van der Waals surface area contributed by atoms with Crippen molar-refractivity contribution in [2.75, 3.05) is 6.54 Å². The van der Waals surface area contributed by atoms with Crippen LogP contribution < -0.4 is 5.73 Å². The zero-order valence-electron chi connectivity index (χ0n) is 11.1. The van der Waals surface area contributed by atoms with Gasteiger partial charge in [0.25, 0.3) is 0 Å².